The van der Waals surface area contributed by atoms with Gasteiger partial charge in [-0.3, -0.25) is 9.69 Å². The van der Waals surface area contributed by atoms with E-state index in [0.29, 0.717) is 12.1 Å². The average Bonchev–Trinajstić information content (AvgIpc) is 2.85. The van der Waals surface area contributed by atoms with Crippen molar-refractivity contribution >= 4 is 34.3 Å². The molecule has 0 unspecified atom stereocenters. The van der Waals surface area contributed by atoms with Crippen molar-refractivity contribution in [3.05, 3.63) is 78.4 Å². The van der Waals surface area contributed by atoms with Gasteiger partial charge in [0.1, 0.15) is 11.6 Å². The lowest BCUT2D eigenvalue weighted by molar-refractivity contribution is 0.100. The number of benzene rings is 2. The Hall–Kier alpha value is -4.11. The summed E-state index contributed by atoms with van der Waals surface area (Å²) in [7, 11) is 0. The first-order chi connectivity index (χ1) is 16.2. The lowest BCUT2D eigenvalue weighted by Gasteiger charge is -2.34. The van der Waals surface area contributed by atoms with Crippen LogP contribution in [0.5, 0.6) is 0 Å². The smallest absolute Gasteiger partial charge is 0.248 e. The number of primary amides is 1. The molecular formula is C24H24N8O. The van der Waals surface area contributed by atoms with Crippen molar-refractivity contribution in [3.63, 3.8) is 0 Å². The van der Waals surface area contributed by atoms with Gasteiger partial charge in [0.2, 0.25) is 11.9 Å². The summed E-state index contributed by atoms with van der Waals surface area (Å²) in [5.74, 6) is 1.82. The molecule has 0 atom stereocenters. The van der Waals surface area contributed by atoms with Gasteiger partial charge in [-0.2, -0.15) is 0 Å². The first kappa shape index (κ1) is 20.8. The van der Waals surface area contributed by atoms with Gasteiger partial charge in [-0.05, 0) is 42.5 Å². The van der Waals surface area contributed by atoms with E-state index in [9.17, 15) is 4.79 Å². The molecule has 5 rings (SSSR count). The molecule has 3 heterocycles. The van der Waals surface area contributed by atoms with Crippen LogP contribution in [0.4, 0.5) is 17.5 Å². The number of nitrogens with zero attached hydrogens (tertiary/aromatic N) is 6. The Morgan fingerprint density at radius 1 is 0.909 bits per heavy atom. The molecule has 3 N–H and O–H groups in total. The molecule has 166 valence electrons. The van der Waals surface area contributed by atoms with Crippen molar-refractivity contribution in [3.8, 4) is 0 Å². The van der Waals surface area contributed by atoms with E-state index in [0.717, 1.165) is 60.4 Å². The van der Waals surface area contributed by atoms with E-state index in [2.05, 4.69) is 25.1 Å². The zero-order chi connectivity index (χ0) is 22.6. The van der Waals surface area contributed by atoms with Gasteiger partial charge >= 0.3 is 0 Å². The summed E-state index contributed by atoms with van der Waals surface area (Å²) in [6.07, 6.45) is 3.54. The number of nitrogens with one attached hydrogen (secondary N) is 1. The Labute approximate surface area is 191 Å². The summed E-state index contributed by atoms with van der Waals surface area (Å²) >= 11 is 0. The van der Waals surface area contributed by atoms with Gasteiger partial charge in [-0.15, -0.1) is 0 Å². The predicted octanol–water partition coefficient (Wildman–Crippen LogP) is 2.58. The Morgan fingerprint density at radius 3 is 2.36 bits per heavy atom. The maximum Gasteiger partial charge on any atom is 0.248 e. The number of aromatic nitrogens is 4. The molecule has 0 radical (unpaired) electrons. The summed E-state index contributed by atoms with van der Waals surface area (Å²) in [5.41, 5.74) is 7.52. The second-order valence-corrected chi connectivity index (χ2v) is 7.88. The highest BCUT2D eigenvalue weighted by Gasteiger charge is 2.20. The Bertz CT molecular complexity index is 1250. The summed E-state index contributed by atoms with van der Waals surface area (Å²) in [5, 5.41) is 4.31. The van der Waals surface area contributed by atoms with Crippen LogP contribution in [-0.4, -0.2) is 56.9 Å². The number of carbonyl (C=O) groups excluding carboxylic acids is 1. The highest BCUT2D eigenvalue weighted by atomic mass is 16.1. The monoisotopic (exact) mass is 440 g/mol. The van der Waals surface area contributed by atoms with E-state index in [1.165, 1.54) is 0 Å². The van der Waals surface area contributed by atoms with Gasteiger partial charge in [-0.25, -0.2) is 19.9 Å². The molecule has 1 saturated heterocycles. The standard InChI is InChI=1S/C24H24N8O/c25-22(33)17-6-8-18(9-7-17)28-23-19-4-1-2-5-20(19)29-21(30-23)16-31-12-14-32(15-13-31)24-26-10-3-11-27-24/h1-11H,12-16H2,(H2,25,33)(H,28,29,30). The van der Waals surface area contributed by atoms with E-state index in [-0.39, 0.29) is 0 Å². The molecule has 1 aliphatic heterocycles. The first-order valence-corrected chi connectivity index (χ1v) is 10.8. The Morgan fingerprint density at radius 2 is 1.64 bits per heavy atom. The van der Waals surface area contributed by atoms with Gasteiger partial charge in [0.15, 0.2) is 0 Å². The van der Waals surface area contributed by atoms with E-state index < -0.39 is 5.91 Å². The van der Waals surface area contributed by atoms with Crippen molar-refractivity contribution in [2.24, 2.45) is 5.73 Å². The second-order valence-electron chi connectivity index (χ2n) is 7.88. The van der Waals surface area contributed by atoms with Gasteiger partial charge in [0, 0.05) is 55.2 Å². The molecule has 0 bridgehead atoms. The van der Waals surface area contributed by atoms with Crippen LogP contribution in [0.25, 0.3) is 10.9 Å². The van der Waals surface area contributed by atoms with Crippen molar-refractivity contribution in [1.29, 1.82) is 0 Å². The van der Waals surface area contributed by atoms with E-state index in [4.69, 9.17) is 15.7 Å². The van der Waals surface area contributed by atoms with Gasteiger partial charge in [0.25, 0.3) is 0 Å². The lowest BCUT2D eigenvalue weighted by Crippen LogP contribution is -2.46. The molecule has 1 fully saturated rings. The molecule has 9 nitrogen and oxygen atoms in total. The SMILES string of the molecule is NC(=O)c1ccc(Nc2nc(CN3CCN(c4ncccn4)CC3)nc3ccccc23)cc1. The fourth-order valence-corrected chi connectivity index (χ4v) is 3.91. The third kappa shape index (κ3) is 4.73. The maximum absolute atomic E-state index is 11.3. The van der Waals surface area contributed by atoms with Crippen LogP contribution in [0.15, 0.2) is 67.0 Å². The fourth-order valence-electron chi connectivity index (χ4n) is 3.91. The second kappa shape index (κ2) is 9.17. The van der Waals surface area contributed by atoms with Crippen LogP contribution in [-0.2, 0) is 6.54 Å². The largest absolute Gasteiger partial charge is 0.366 e. The minimum atomic E-state index is -0.449. The molecule has 0 saturated carbocycles. The molecule has 2 aromatic carbocycles. The minimum Gasteiger partial charge on any atom is -0.366 e. The number of para-hydroxylation sites is 1. The summed E-state index contributed by atoms with van der Waals surface area (Å²) in [4.78, 5) is 34.2. The first-order valence-electron chi connectivity index (χ1n) is 10.8. The molecule has 9 heteroatoms. The topological polar surface area (TPSA) is 113 Å². The lowest BCUT2D eigenvalue weighted by atomic mass is 10.2. The molecular weight excluding hydrogens is 416 g/mol. The van der Waals surface area contributed by atoms with Gasteiger partial charge in [-0.1, -0.05) is 12.1 Å². The Kier molecular flexibility index (Phi) is 5.77. The number of hydrogen-bond acceptors (Lipinski definition) is 8. The van der Waals surface area contributed by atoms with E-state index in [1.54, 1.807) is 24.5 Å². The molecule has 33 heavy (non-hydrogen) atoms. The predicted molar refractivity (Wildman–Crippen MR) is 127 cm³/mol. The highest BCUT2D eigenvalue weighted by Crippen LogP contribution is 2.24. The van der Waals surface area contributed by atoms with Gasteiger partial charge in [0.05, 0.1) is 12.1 Å². The molecule has 0 spiro atoms. The van der Waals surface area contributed by atoms with E-state index in [1.807, 2.05) is 42.5 Å². The number of hydrogen-bond donors (Lipinski definition) is 2. The van der Waals surface area contributed by atoms with Crippen molar-refractivity contribution in [2.45, 2.75) is 6.54 Å². The quantitative estimate of drug-likeness (QED) is 0.470. The number of fused-ring (bicyclic) bond motifs is 1. The van der Waals surface area contributed by atoms with Crippen molar-refractivity contribution < 1.29 is 4.79 Å². The Balaban J connectivity index is 1.33. The van der Waals surface area contributed by atoms with Crippen LogP contribution in [0, 0.1) is 0 Å². The van der Waals surface area contributed by atoms with Crippen LogP contribution in [0.2, 0.25) is 0 Å². The fraction of sp³-hybridized carbons (Fsp3) is 0.208. The van der Waals surface area contributed by atoms with Gasteiger partial charge < -0.3 is 16.0 Å². The third-order valence-corrected chi connectivity index (χ3v) is 5.65. The normalized spacial score (nSPS) is 14.4. The average molecular weight is 441 g/mol. The van der Waals surface area contributed by atoms with Crippen LogP contribution < -0.4 is 16.0 Å². The highest BCUT2D eigenvalue weighted by molar-refractivity contribution is 5.94. The molecule has 4 aromatic rings. The number of amides is 1. The number of rotatable bonds is 6. The third-order valence-electron chi connectivity index (χ3n) is 5.65. The zero-order valence-corrected chi connectivity index (χ0v) is 18.1. The van der Waals surface area contributed by atoms with E-state index >= 15 is 0 Å². The number of carbonyl (C=O) groups is 1. The minimum absolute atomic E-state index is 0.449. The molecule has 0 aliphatic carbocycles. The number of piperazine rings is 1. The zero-order valence-electron chi connectivity index (χ0n) is 18.1. The molecule has 1 amide bonds. The molecule has 1 aliphatic rings. The summed E-state index contributed by atoms with van der Waals surface area (Å²) in [6.45, 7) is 4.13. The van der Waals surface area contributed by atoms with Crippen LogP contribution in [0.1, 0.15) is 16.2 Å². The molecule has 2 aromatic heterocycles. The summed E-state index contributed by atoms with van der Waals surface area (Å²) < 4.78 is 0. The number of nitrogens with two attached hydrogens (primary N) is 1. The number of anilines is 3. The summed E-state index contributed by atoms with van der Waals surface area (Å²) in [6, 6.07) is 16.8. The van der Waals surface area contributed by atoms with Crippen LogP contribution in [0.3, 0.4) is 0 Å². The maximum atomic E-state index is 11.3. The van der Waals surface area contributed by atoms with Crippen molar-refractivity contribution in [2.75, 3.05) is 36.4 Å². The van der Waals surface area contributed by atoms with Crippen molar-refractivity contribution in [1.82, 2.24) is 24.8 Å². The van der Waals surface area contributed by atoms with Crippen LogP contribution >= 0.6 is 0 Å².